The number of rotatable bonds is 4. The van der Waals surface area contributed by atoms with Gasteiger partial charge in [-0.15, -0.1) is 0 Å². The average molecular weight is 291 g/mol. The highest BCUT2D eigenvalue weighted by Gasteiger charge is 2.12. The quantitative estimate of drug-likeness (QED) is 0.873. The number of benzene rings is 1. The number of nitrogens with zero attached hydrogens (tertiary/aromatic N) is 1. The minimum atomic E-state index is -0.393. The number of methoxy groups -OCH3 is 1. The molecule has 0 radical (unpaired) electrons. The fourth-order valence-corrected chi connectivity index (χ4v) is 1.99. The van der Waals surface area contributed by atoms with E-state index in [0.717, 1.165) is 5.69 Å². The molecule has 0 fully saturated rings. The number of anilines is 1. The molecule has 20 heavy (non-hydrogen) atoms. The lowest BCUT2D eigenvalue weighted by atomic mass is 10.1. The Morgan fingerprint density at radius 3 is 2.80 bits per heavy atom. The Kier molecular flexibility index (Phi) is 4.58. The number of ether oxygens (including phenoxy) is 1. The summed E-state index contributed by atoms with van der Waals surface area (Å²) in [6.45, 7) is 1.98. The van der Waals surface area contributed by atoms with Crippen LogP contribution in [0.15, 0.2) is 42.6 Å². The van der Waals surface area contributed by atoms with E-state index < -0.39 is 5.97 Å². The molecule has 1 atom stereocenters. The van der Waals surface area contributed by atoms with Crippen molar-refractivity contribution in [3.05, 3.63) is 58.9 Å². The van der Waals surface area contributed by atoms with Crippen LogP contribution in [0.4, 0.5) is 5.69 Å². The van der Waals surface area contributed by atoms with Gasteiger partial charge in [-0.05, 0) is 37.3 Å². The summed E-state index contributed by atoms with van der Waals surface area (Å²) >= 11 is 6.14. The van der Waals surface area contributed by atoms with Crippen LogP contribution in [-0.2, 0) is 4.74 Å². The summed E-state index contributed by atoms with van der Waals surface area (Å²) in [6.07, 6.45) is 1.74. The van der Waals surface area contributed by atoms with Crippen LogP contribution in [0.1, 0.15) is 29.0 Å². The van der Waals surface area contributed by atoms with Crippen molar-refractivity contribution in [1.82, 2.24) is 4.98 Å². The molecule has 4 nitrogen and oxygen atoms in total. The Balaban J connectivity index is 2.22. The second kappa shape index (κ2) is 6.39. The zero-order chi connectivity index (χ0) is 14.5. The number of carbonyl (C=O) groups is 1. The Hall–Kier alpha value is -2.07. The number of carbonyl (C=O) groups excluding carboxylic acids is 1. The first-order valence-electron chi connectivity index (χ1n) is 6.17. The first-order valence-corrected chi connectivity index (χ1v) is 6.55. The standard InChI is InChI=1S/C15H15ClN2O2/c1-10(13-5-3-4-8-17-13)18-14-9-11(15(19)20-2)6-7-12(14)16/h3-10,18H,1-2H3. The second-order valence-corrected chi connectivity index (χ2v) is 4.71. The van der Waals surface area contributed by atoms with Gasteiger partial charge in [0.05, 0.1) is 35.1 Å². The van der Waals surface area contributed by atoms with Crippen LogP contribution in [0, 0.1) is 0 Å². The lowest BCUT2D eigenvalue weighted by Gasteiger charge is -2.16. The van der Waals surface area contributed by atoms with Gasteiger partial charge in [0.1, 0.15) is 0 Å². The molecule has 1 heterocycles. The summed E-state index contributed by atoms with van der Waals surface area (Å²) in [5, 5.41) is 3.79. The number of nitrogens with one attached hydrogen (secondary N) is 1. The lowest BCUT2D eigenvalue weighted by Crippen LogP contribution is -2.09. The molecule has 1 unspecified atom stereocenters. The maximum Gasteiger partial charge on any atom is 0.337 e. The SMILES string of the molecule is COC(=O)c1ccc(Cl)c(NC(C)c2ccccn2)c1. The molecule has 104 valence electrons. The van der Waals surface area contributed by atoms with Crippen LogP contribution < -0.4 is 5.32 Å². The zero-order valence-corrected chi connectivity index (χ0v) is 12.0. The molecule has 1 aromatic heterocycles. The Morgan fingerprint density at radius 2 is 2.15 bits per heavy atom. The summed E-state index contributed by atoms with van der Waals surface area (Å²) in [5.41, 5.74) is 2.02. The van der Waals surface area contributed by atoms with Crippen LogP contribution in [0.25, 0.3) is 0 Å². The molecule has 0 saturated carbocycles. The smallest absolute Gasteiger partial charge is 0.337 e. The van der Waals surface area contributed by atoms with E-state index in [2.05, 4.69) is 10.3 Å². The van der Waals surface area contributed by atoms with E-state index in [1.165, 1.54) is 7.11 Å². The van der Waals surface area contributed by atoms with Gasteiger partial charge < -0.3 is 10.1 Å². The Bertz CT molecular complexity index is 602. The molecule has 2 aromatic rings. The van der Waals surface area contributed by atoms with E-state index in [4.69, 9.17) is 16.3 Å². The highest BCUT2D eigenvalue weighted by molar-refractivity contribution is 6.33. The molecule has 1 aromatic carbocycles. The summed E-state index contributed by atoms with van der Waals surface area (Å²) in [5.74, 6) is -0.393. The van der Waals surface area contributed by atoms with Crippen LogP contribution >= 0.6 is 11.6 Å². The van der Waals surface area contributed by atoms with E-state index in [-0.39, 0.29) is 6.04 Å². The number of hydrogen-bond donors (Lipinski definition) is 1. The van der Waals surface area contributed by atoms with E-state index in [9.17, 15) is 4.79 Å². The van der Waals surface area contributed by atoms with Crippen molar-refractivity contribution >= 4 is 23.3 Å². The third-order valence-electron chi connectivity index (χ3n) is 2.89. The van der Waals surface area contributed by atoms with Crippen molar-refractivity contribution in [3.63, 3.8) is 0 Å². The first kappa shape index (κ1) is 14.3. The van der Waals surface area contributed by atoms with Gasteiger partial charge in [0.25, 0.3) is 0 Å². The van der Waals surface area contributed by atoms with Crippen molar-refractivity contribution in [1.29, 1.82) is 0 Å². The van der Waals surface area contributed by atoms with Gasteiger partial charge in [0.2, 0.25) is 0 Å². The molecule has 0 bridgehead atoms. The first-order chi connectivity index (χ1) is 9.61. The topological polar surface area (TPSA) is 51.2 Å². The molecule has 2 rings (SSSR count). The van der Waals surface area contributed by atoms with Crippen LogP contribution in [-0.4, -0.2) is 18.1 Å². The molecule has 0 spiro atoms. The maximum absolute atomic E-state index is 11.5. The fraction of sp³-hybridized carbons (Fsp3) is 0.200. The highest BCUT2D eigenvalue weighted by Crippen LogP contribution is 2.27. The monoisotopic (exact) mass is 290 g/mol. The van der Waals surface area contributed by atoms with E-state index in [1.807, 2.05) is 25.1 Å². The zero-order valence-electron chi connectivity index (χ0n) is 11.3. The number of aromatic nitrogens is 1. The average Bonchev–Trinajstić information content (AvgIpc) is 2.49. The summed E-state index contributed by atoms with van der Waals surface area (Å²) < 4.78 is 4.70. The van der Waals surface area contributed by atoms with Gasteiger partial charge in [-0.1, -0.05) is 17.7 Å². The maximum atomic E-state index is 11.5. The molecule has 5 heteroatoms. The van der Waals surface area contributed by atoms with Gasteiger partial charge >= 0.3 is 5.97 Å². The minimum absolute atomic E-state index is 0.0263. The van der Waals surface area contributed by atoms with Crippen molar-refractivity contribution in [2.45, 2.75) is 13.0 Å². The molecule has 1 N–H and O–H groups in total. The number of pyridine rings is 1. The van der Waals surface area contributed by atoms with Gasteiger partial charge in [-0.3, -0.25) is 4.98 Å². The number of hydrogen-bond acceptors (Lipinski definition) is 4. The Morgan fingerprint density at radius 1 is 1.35 bits per heavy atom. The molecule has 0 aliphatic rings. The lowest BCUT2D eigenvalue weighted by molar-refractivity contribution is 0.0601. The van der Waals surface area contributed by atoms with E-state index in [1.54, 1.807) is 24.4 Å². The summed E-state index contributed by atoms with van der Waals surface area (Å²) in [6, 6.07) is 10.7. The van der Waals surface area contributed by atoms with Gasteiger partial charge in [-0.25, -0.2) is 4.79 Å². The van der Waals surface area contributed by atoms with Crippen LogP contribution in [0.3, 0.4) is 0 Å². The molecule has 0 aliphatic heterocycles. The third-order valence-corrected chi connectivity index (χ3v) is 3.22. The molecular formula is C15H15ClN2O2. The predicted octanol–water partition coefficient (Wildman–Crippen LogP) is 3.69. The van der Waals surface area contributed by atoms with Crippen LogP contribution in [0.5, 0.6) is 0 Å². The van der Waals surface area contributed by atoms with Gasteiger partial charge in [0.15, 0.2) is 0 Å². The number of esters is 1. The van der Waals surface area contributed by atoms with Crippen molar-refractivity contribution < 1.29 is 9.53 Å². The van der Waals surface area contributed by atoms with E-state index in [0.29, 0.717) is 16.3 Å². The molecule has 0 aliphatic carbocycles. The molecule has 0 saturated heterocycles. The highest BCUT2D eigenvalue weighted by atomic mass is 35.5. The van der Waals surface area contributed by atoms with Crippen molar-refractivity contribution in [3.8, 4) is 0 Å². The number of halogens is 1. The van der Waals surface area contributed by atoms with Gasteiger partial charge in [0, 0.05) is 6.20 Å². The predicted molar refractivity (Wildman–Crippen MR) is 79.1 cm³/mol. The normalized spacial score (nSPS) is 11.8. The van der Waals surface area contributed by atoms with Crippen molar-refractivity contribution in [2.24, 2.45) is 0 Å². The van der Waals surface area contributed by atoms with Crippen LogP contribution in [0.2, 0.25) is 5.02 Å². The Labute approximate surface area is 122 Å². The summed E-state index contributed by atoms with van der Waals surface area (Å²) in [4.78, 5) is 15.8. The molecular weight excluding hydrogens is 276 g/mol. The molecule has 0 amide bonds. The van der Waals surface area contributed by atoms with E-state index >= 15 is 0 Å². The minimum Gasteiger partial charge on any atom is -0.465 e. The fourth-order valence-electron chi connectivity index (χ4n) is 1.82. The van der Waals surface area contributed by atoms with Gasteiger partial charge in [-0.2, -0.15) is 0 Å². The third kappa shape index (κ3) is 3.27. The summed E-state index contributed by atoms with van der Waals surface area (Å²) in [7, 11) is 1.35. The largest absolute Gasteiger partial charge is 0.465 e. The second-order valence-electron chi connectivity index (χ2n) is 4.31. The van der Waals surface area contributed by atoms with Crippen molar-refractivity contribution in [2.75, 3.05) is 12.4 Å².